The Morgan fingerprint density at radius 1 is 1.21 bits per heavy atom. The second kappa shape index (κ2) is 10.9. The summed E-state index contributed by atoms with van der Waals surface area (Å²) < 4.78 is 65.4. The summed E-state index contributed by atoms with van der Waals surface area (Å²) in [7, 11) is -4.94. The molecule has 14 heteroatoms. The molecule has 0 radical (unpaired) electrons. The lowest BCUT2D eigenvalue weighted by Gasteiger charge is -2.37. The maximum atomic E-state index is 13.8. The zero-order valence-corrected chi connectivity index (χ0v) is 25.6. The number of nitrogens with one attached hydrogen (secondary N) is 3. The zero-order valence-electron chi connectivity index (χ0n) is 24.8. The van der Waals surface area contributed by atoms with Crippen molar-refractivity contribution in [2.24, 2.45) is 22.7 Å². The van der Waals surface area contributed by atoms with Gasteiger partial charge in [0.25, 0.3) is 5.56 Å². The van der Waals surface area contributed by atoms with Crippen molar-refractivity contribution in [2.45, 2.75) is 72.3 Å². The first kappa shape index (κ1) is 32.5. The molecule has 1 saturated carbocycles. The number of pyridine rings is 1. The monoisotopic (exact) mass is 623 g/mol. The van der Waals surface area contributed by atoms with Crippen LogP contribution in [0.15, 0.2) is 29.1 Å². The average molecular weight is 624 g/mol. The number of nitriles is 1. The number of rotatable bonds is 8. The van der Waals surface area contributed by atoms with E-state index >= 15 is 0 Å². The van der Waals surface area contributed by atoms with Gasteiger partial charge in [0, 0.05) is 24.0 Å². The summed E-state index contributed by atoms with van der Waals surface area (Å²) >= 11 is 0. The topological polar surface area (TPSA) is 152 Å². The van der Waals surface area contributed by atoms with Crippen molar-refractivity contribution >= 4 is 32.7 Å². The highest BCUT2D eigenvalue weighted by atomic mass is 32.2. The molecule has 2 amide bonds. The molecule has 43 heavy (non-hydrogen) atoms. The van der Waals surface area contributed by atoms with Crippen molar-refractivity contribution in [2.75, 3.05) is 12.3 Å². The van der Waals surface area contributed by atoms with Gasteiger partial charge in [-0.2, -0.15) is 18.4 Å². The molecule has 1 aliphatic heterocycles. The van der Waals surface area contributed by atoms with Crippen LogP contribution >= 0.6 is 0 Å². The standard InChI is InChI=1S/C29H36F3N5O5S/c1-15-7-8-20-16(9-15)10-17(24(38)35-20)11-18(12-33)34-25(39)22-21-19(28(21,5)6)13-37(22)26(40)23(27(2,3)4)36-43(41,42)14-29(30,31)32/h7-10,18-19,21-23,36H,11,13-14H2,1-6H3,(H,34,39)(H,35,38)/t18-,19-,21-,22-,23+/m0/s1. The predicted octanol–water partition coefficient (Wildman–Crippen LogP) is 2.77. The average Bonchev–Trinajstić information content (AvgIpc) is 3.18. The molecule has 2 fully saturated rings. The number of aromatic nitrogens is 1. The normalized spacial score (nSPS) is 22.9. The smallest absolute Gasteiger partial charge is 0.338 e. The van der Waals surface area contributed by atoms with Gasteiger partial charge in [0.05, 0.1) is 6.07 Å². The van der Waals surface area contributed by atoms with E-state index in [0.717, 1.165) is 10.9 Å². The number of benzene rings is 1. The number of amides is 2. The molecule has 0 bridgehead atoms. The molecule has 234 valence electrons. The highest BCUT2D eigenvalue weighted by molar-refractivity contribution is 7.89. The molecule has 2 aromatic rings. The van der Waals surface area contributed by atoms with Crippen LogP contribution in [0.4, 0.5) is 13.2 Å². The van der Waals surface area contributed by atoms with Crippen LogP contribution in [-0.4, -0.2) is 66.7 Å². The predicted molar refractivity (Wildman–Crippen MR) is 153 cm³/mol. The number of hydrogen-bond donors (Lipinski definition) is 3. The number of carbonyl (C=O) groups excluding carboxylic acids is 2. The fourth-order valence-electron chi connectivity index (χ4n) is 6.14. The van der Waals surface area contributed by atoms with Gasteiger partial charge in [0.2, 0.25) is 21.8 Å². The van der Waals surface area contributed by atoms with E-state index in [1.54, 1.807) is 12.1 Å². The maximum Gasteiger partial charge on any atom is 0.404 e. The molecule has 0 unspecified atom stereocenters. The molecule has 10 nitrogen and oxygen atoms in total. The summed E-state index contributed by atoms with van der Waals surface area (Å²) in [6, 6.07) is 5.36. The number of halogens is 3. The van der Waals surface area contributed by atoms with Gasteiger partial charge in [-0.1, -0.05) is 46.2 Å². The van der Waals surface area contributed by atoms with Gasteiger partial charge in [-0.15, -0.1) is 0 Å². The van der Waals surface area contributed by atoms with Crippen molar-refractivity contribution in [1.82, 2.24) is 19.9 Å². The molecule has 2 heterocycles. The molecule has 2 aliphatic rings. The first-order valence-electron chi connectivity index (χ1n) is 13.8. The van der Waals surface area contributed by atoms with Gasteiger partial charge in [0.15, 0.2) is 5.75 Å². The van der Waals surface area contributed by atoms with E-state index in [1.165, 1.54) is 25.7 Å². The van der Waals surface area contributed by atoms with E-state index in [9.17, 15) is 41.2 Å². The third-order valence-corrected chi connectivity index (χ3v) is 9.80. The molecule has 1 saturated heterocycles. The summed E-state index contributed by atoms with van der Waals surface area (Å²) in [5.41, 5.74) is -0.00647. The number of nitrogens with zero attached hydrogens (tertiary/aromatic N) is 2. The third-order valence-electron chi connectivity index (χ3n) is 8.50. The Morgan fingerprint density at radius 2 is 1.86 bits per heavy atom. The van der Waals surface area contributed by atoms with Crippen molar-refractivity contribution in [1.29, 1.82) is 5.26 Å². The molecule has 5 atom stereocenters. The van der Waals surface area contributed by atoms with Gasteiger partial charge in [-0.3, -0.25) is 14.4 Å². The van der Waals surface area contributed by atoms with Gasteiger partial charge < -0.3 is 15.2 Å². The minimum absolute atomic E-state index is 0.100. The van der Waals surface area contributed by atoms with Gasteiger partial charge in [-0.25, -0.2) is 13.1 Å². The lowest BCUT2D eigenvalue weighted by atomic mass is 9.86. The van der Waals surface area contributed by atoms with E-state index in [0.29, 0.717) is 5.52 Å². The Morgan fingerprint density at radius 3 is 2.44 bits per heavy atom. The Kier molecular flexibility index (Phi) is 8.25. The molecular weight excluding hydrogens is 587 g/mol. The lowest BCUT2D eigenvalue weighted by Crippen LogP contribution is -2.60. The summed E-state index contributed by atoms with van der Waals surface area (Å²) in [4.78, 5) is 44.2. The summed E-state index contributed by atoms with van der Waals surface area (Å²) in [5, 5.41) is 13.3. The van der Waals surface area contributed by atoms with E-state index in [4.69, 9.17) is 0 Å². The van der Waals surface area contributed by atoms with Crippen LogP contribution in [-0.2, 0) is 26.0 Å². The van der Waals surface area contributed by atoms with Crippen molar-refractivity contribution in [3.8, 4) is 6.07 Å². The number of H-pyrrole nitrogens is 1. The van der Waals surface area contributed by atoms with Crippen LogP contribution in [0.5, 0.6) is 0 Å². The minimum atomic E-state index is -5.02. The molecule has 3 N–H and O–H groups in total. The highest BCUT2D eigenvalue weighted by Gasteiger charge is 2.69. The third kappa shape index (κ3) is 6.88. The maximum absolute atomic E-state index is 13.8. The molecule has 1 aliphatic carbocycles. The number of hydrogen-bond acceptors (Lipinski definition) is 6. The Hall–Kier alpha value is -3.44. The first-order valence-corrected chi connectivity index (χ1v) is 15.5. The number of aromatic amines is 1. The van der Waals surface area contributed by atoms with E-state index < -0.39 is 62.9 Å². The second-order valence-corrected chi connectivity index (χ2v) is 15.0. The zero-order chi connectivity index (χ0) is 32.3. The number of fused-ring (bicyclic) bond motifs is 2. The molecule has 0 spiro atoms. The molecule has 4 rings (SSSR count). The van der Waals surface area contributed by atoms with E-state index in [-0.39, 0.29) is 35.8 Å². The van der Waals surface area contributed by atoms with Gasteiger partial charge in [-0.05, 0) is 53.2 Å². The number of aryl methyl sites for hydroxylation is 1. The van der Waals surface area contributed by atoms with Crippen LogP contribution in [0, 0.1) is 40.9 Å². The van der Waals surface area contributed by atoms with Gasteiger partial charge in [0.1, 0.15) is 18.1 Å². The number of carbonyl (C=O) groups is 2. The number of sulfonamides is 1. The van der Waals surface area contributed by atoms with E-state index in [2.05, 4.69) is 10.3 Å². The van der Waals surface area contributed by atoms with Crippen LogP contribution in [0.25, 0.3) is 10.9 Å². The summed E-state index contributed by atoms with van der Waals surface area (Å²) in [6.07, 6.45) is -5.13. The SMILES string of the molecule is Cc1ccc2[nH]c(=O)c(C[C@@H](C#N)NC(=O)[C@@H]3[C@@H]4[C@H](CN3C(=O)[C@@H](NS(=O)(=O)CC(F)(F)F)C(C)(C)C)C4(C)C)cc2c1. The molecular formula is C29H36F3N5O5S. The second-order valence-electron chi connectivity index (χ2n) is 13.3. The Labute approximate surface area is 248 Å². The molecule has 1 aromatic carbocycles. The Bertz CT molecular complexity index is 1660. The molecule has 1 aromatic heterocycles. The number of piperidine rings is 1. The number of alkyl halides is 3. The van der Waals surface area contributed by atoms with Crippen molar-refractivity contribution in [3.05, 3.63) is 45.7 Å². The lowest BCUT2D eigenvalue weighted by molar-refractivity contribution is -0.143. The Balaban J connectivity index is 1.58. The van der Waals surface area contributed by atoms with Crippen LogP contribution in [0.2, 0.25) is 0 Å². The summed E-state index contributed by atoms with van der Waals surface area (Å²) in [6.45, 7) is 10.4. The largest absolute Gasteiger partial charge is 0.404 e. The van der Waals surface area contributed by atoms with Gasteiger partial charge >= 0.3 is 6.18 Å². The summed E-state index contributed by atoms with van der Waals surface area (Å²) in [5.74, 6) is -4.05. The number of likely N-dealkylation sites (tertiary alicyclic amines) is 1. The fraction of sp³-hybridized carbons (Fsp3) is 0.586. The van der Waals surface area contributed by atoms with Crippen molar-refractivity contribution < 1.29 is 31.2 Å². The highest BCUT2D eigenvalue weighted by Crippen LogP contribution is 2.65. The fourth-order valence-corrected chi connectivity index (χ4v) is 7.47. The van der Waals surface area contributed by atoms with Crippen LogP contribution in [0.3, 0.4) is 0 Å². The quantitative estimate of drug-likeness (QED) is 0.411. The van der Waals surface area contributed by atoms with Crippen LogP contribution < -0.4 is 15.6 Å². The van der Waals surface area contributed by atoms with Crippen LogP contribution in [0.1, 0.15) is 45.7 Å². The minimum Gasteiger partial charge on any atom is -0.338 e. The van der Waals surface area contributed by atoms with E-state index in [1.807, 2.05) is 43.7 Å². The first-order chi connectivity index (χ1) is 19.6. The van der Waals surface area contributed by atoms with Crippen molar-refractivity contribution in [3.63, 3.8) is 0 Å².